The standard InChI is InChI=1S/C26H28ClN3O2S2/c1-25(2,3)34(32)30-23(17-8-6-7-9-19(17)27)22-15-21-24(33-22)18(11-13-29-21)20-14-16(10-12-28-20)26(4,5)31/h6-15,23,30-31H,1-5H3/t23-,34+/m1/s1. The van der Waals surface area contributed by atoms with E-state index in [2.05, 4.69) is 14.7 Å². The average Bonchev–Trinajstić information content (AvgIpc) is 3.21. The van der Waals surface area contributed by atoms with E-state index in [0.29, 0.717) is 5.02 Å². The van der Waals surface area contributed by atoms with Gasteiger partial charge in [-0.1, -0.05) is 29.8 Å². The van der Waals surface area contributed by atoms with Gasteiger partial charge in [0.15, 0.2) is 0 Å². The summed E-state index contributed by atoms with van der Waals surface area (Å²) in [5.74, 6) is 0. The first-order valence-electron chi connectivity index (χ1n) is 11.0. The summed E-state index contributed by atoms with van der Waals surface area (Å²) in [6, 6.07) is 14.9. The molecule has 0 saturated heterocycles. The monoisotopic (exact) mass is 513 g/mol. The molecule has 0 aliphatic heterocycles. The number of aliphatic hydroxyl groups is 1. The van der Waals surface area contributed by atoms with Gasteiger partial charge in [0.05, 0.1) is 43.3 Å². The number of rotatable bonds is 6. The topological polar surface area (TPSA) is 75.1 Å². The van der Waals surface area contributed by atoms with Gasteiger partial charge in [0.25, 0.3) is 0 Å². The second kappa shape index (κ2) is 9.47. The van der Waals surface area contributed by atoms with Crippen LogP contribution in [0.2, 0.25) is 5.02 Å². The van der Waals surface area contributed by atoms with Crippen molar-refractivity contribution in [1.29, 1.82) is 0 Å². The van der Waals surface area contributed by atoms with Gasteiger partial charge in [-0.3, -0.25) is 9.97 Å². The molecule has 0 aliphatic carbocycles. The van der Waals surface area contributed by atoms with Gasteiger partial charge >= 0.3 is 0 Å². The van der Waals surface area contributed by atoms with E-state index in [-0.39, 0.29) is 6.04 Å². The number of aromatic nitrogens is 2. The maximum absolute atomic E-state index is 13.1. The lowest BCUT2D eigenvalue weighted by molar-refractivity contribution is 0.0785. The Labute approximate surface area is 211 Å². The quantitative estimate of drug-likeness (QED) is 0.313. The van der Waals surface area contributed by atoms with Crippen LogP contribution in [-0.2, 0) is 16.6 Å². The summed E-state index contributed by atoms with van der Waals surface area (Å²) in [5.41, 5.74) is 3.20. The first kappa shape index (κ1) is 24.9. The van der Waals surface area contributed by atoms with Gasteiger partial charge in [0.2, 0.25) is 0 Å². The van der Waals surface area contributed by atoms with Crippen LogP contribution in [0.15, 0.2) is 60.9 Å². The maximum Gasteiger partial charge on any atom is 0.0979 e. The molecule has 2 N–H and O–H groups in total. The van der Waals surface area contributed by atoms with Crippen molar-refractivity contribution in [2.75, 3.05) is 0 Å². The van der Waals surface area contributed by atoms with Gasteiger partial charge in [0, 0.05) is 27.9 Å². The zero-order chi connectivity index (χ0) is 24.7. The molecule has 0 unspecified atom stereocenters. The summed E-state index contributed by atoms with van der Waals surface area (Å²) in [6.07, 6.45) is 3.47. The van der Waals surface area contributed by atoms with E-state index in [4.69, 9.17) is 11.6 Å². The minimum Gasteiger partial charge on any atom is -0.386 e. The number of pyridine rings is 2. The van der Waals surface area contributed by atoms with E-state index in [1.54, 1.807) is 37.6 Å². The lowest BCUT2D eigenvalue weighted by Crippen LogP contribution is -2.36. The first-order valence-corrected chi connectivity index (χ1v) is 13.3. The molecule has 5 nitrogen and oxygen atoms in total. The third-order valence-electron chi connectivity index (χ3n) is 5.46. The van der Waals surface area contributed by atoms with Crippen molar-refractivity contribution in [2.24, 2.45) is 0 Å². The van der Waals surface area contributed by atoms with Crippen molar-refractivity contribution in [3.8, 4) is 11.3 Å². The van der Waals surface area contributed by atoms with Crippen LogP contribution in [-0.4, -0.2) is 24.0 Å². The Kier molecular flexibility index (Phi) is 6.95. The smallest absolute Gasteiger partial charge is 0.0979 e. The Bertz CT molecular complexity index is 1360. The number of nitrogens with zero attached hydrogens (tertiary/aromatic N) is 2. The fourth-order valence-corrected chi connectivity index (χ4v) is 5.88. The molecule has 0 aliphatic rings. The highest BCUT2D eigenvalue weighted by Crippen LogP contribution is 2.39. The van der Waals surface area contributed by atoms with Crippen molar-refractivity contribution >= 4 is 44.1 Å². The Morgan fingerprint density at radius 1 is 1.03 bits per heavy atom. The number of nitrogens with one attached hydrogen (secondary N) is 1. The van der Waals surface area contributed by atoms with Crippen LogP contribution in [0.1, 0.15) is 56.7 Å². The molecule has 1 aromatic carbocycles. The van der Waals surface area contributed by atoms with Crippen molar-refractivity contribution < 1.29 is 9.32 Å². The summed E-state index contributed by atoms with van der Waals surface area (Å²) < 4.78 is 16.9. The van der Waals surface area contributed by atoms with E-state index < -0.39 is 21.3 Å². The second-order valence-corrected chi connectivity index (χ2v) is 13.2. The molecule has 0 saturated carbocycles. The number of benzene rings is 1. The fourth-order valence-electron chi connectivity index (χ4n) is 3.53. The molecule has 2 atom stereocenters. The molecule has 4 rings (SSSR count). The Balaban J connectivity index is 1.85. The third kappa shape index (κ3) is 5.24. The summed E-state index contributed by atoms with van der Waals surface area (Å²) in [7, 11) is -1.32. The van der Waals surface area contributed by atoms with Crippen LogP contribution in [0.4, 0.5) is 0 Å². The Hall–Kier alpha value is -2.16. The lowest BCUT2D eigenvalue weighted by atomic mass is 9.97. The second-order valence-electron chi connectivity index (χ2n) is 9.66. The molecule has 0 bridgehead atoms. The molecule has 8 heteroatoms. The molecule has 34 heavy (non-hydrogen) atoms. The van der Waals surface area contributed by atoms with E-state index in [1.807, 2.05) is 69.3 Å². The molecule has 3 aromatic heterocycles. The SMILES string of the molecule is CC(C)(O)c1ccnc(-c2ccnc3cc([C@H](N[S@@](=O)C(C)(C)C)c4ccccc4Cl)sc23)c1. The summed E-state index contributed by atoms with van der Waals surface area (Å²) in [5, 5.41) is 11.1. The molecule has 0 amide bonds. The highest BCUT2D eigenvalue weighted by Gasteiger charge is 2.27. The van der Waals surface area contributed by atoms with Gasteiger partial charge in [0.1, 0.15) is 0 Å². The summed E-state index contributed by atoms with van der Waals surface area (Å²) >= 11 is 8.14. The zero-order valence-electron chi connectivity index (χ0n) is 19.8. The molecule has 4 aromatic rings. The van der Waals surface area contributed by atoms with Crippen molar-refractivity contribution in [1.82, 2.24) is 14.7 Å². The van der Waals surface area contributed by atoms with Crippen molar-refractivity contribution in [3.05, 3.63) is 82.0 Å². The molecule has 0 fully saturated rings. The molecular formula is C26H28ClN3O2S2. The largest absolute Gasteiger partial charge is 0.386 e. The minimum absolute atomic E-state index is 0.364. The van der Waals surface area contributed by atoms with E-state index >= 15 is 0 Å². The predicted molar refractivity (Wildman–Crippen MR) is 142 cm³/mol. The van der Waals surface area contributed by atoms with Crippen molar-refractivity contribution in [3.63, 3.8) is 0 Å². The van der Waals surface area contributed by atoms with Crippen LogP contribution in [0.5, 0.6) is 0 Å². The van der Waals surface area contributed by atoms with E-state index in [0.717, 1.165) is 37.5 Å². The minimum atomic E-state index is -1.32. The zero-order valence-corrected chi connectivity index (χ0v) is 22.2. The number of fused-ring (bicyclic) bond motifs is 1. The van der Waals surface area contributed by atoms with Gasteiger partial charge in [-0.05, 0) is 76.1 Å². The summed E-state index contributed by atoms with van der Waals surface area (Å²) in [6.45, 7) is 9.32. The molecule has 3 heterocycles. The number of thiophene rings is 1. The molecule has 178 valence electrons. The van der Waals surface area contributed by atoms with Crippen LogP contribution >= 0.6 is 22.9 Å². The van der Waals surface area contributed by atoms with Gasteiger partial charge < -0.3 is 5.11 Å². The number of hydrogen-bond donors (Lipinski definition) is 2. The van der Waals surface area contributed by atoms with Crippen molar-refractivity contribution in [2.45, 2.75) is 51.0 Å². The number of hydrogen-bond acceptors (Lipinski definition) is 5. The Morgan fingerprint density at radius 2 is 1.74 bits per heavy atom. The maximum atomic E-state index is 13.1. The molecule has 0 radical (unpaired) electrons. The fraction of sp³-hybridized carbons (Fsp3) is 0.308. The van der Waals surface area contributed by atoms with E-state index in [9.17, 15) is 9.32 Å². The molecule has 0 spiro atoms. The van der Waals surface area contributed by atoms with Gasteiger partial charge in [-0.25, -0.2) is 8.93 Å². The normalized spacial score (nSPS) is 14.3. The Morgan fingerprint density at radius 3 is 2.41 bits per heavy atom. The highest BCUT2D eigenvalue weighted by atomic mass is 35.5. The van der Waals surface area contributed by atoms with Crippen LogP contribution in [0, 0.1) is 0 Å². The van der Waals surface area contributed by atoms with Crippen LogP contribution in [0.25, 0.3) is 21.5 Å². The first-order chi connectivity index (χ1) is 15.9. The third-order valence-corrected chi connectivity index (χ3v) is 8.58. The number of halogens is 1. The predicted octanol–water partition coefficient (Wildman–Crippen LogP) is 6.38. The van der Waals surface area contributed by atoms with Crippen LogP contribution in [0.3, 0.4) is 0 Å². The molecular weight excluding hydrogens is 486 g/mol. The summed E-state index contributed by atoms with van der Waals surface area (Å²) in [4.78, 5) is 10.1. The van der Waals surface area contributed by atoms with Crippen LogP contribution < -0.4 is 4.72 Å². The lowest BCUT2D eigenvalue weighted by Gasteiger charge is -2.24. The van der Waals surface area contributed by atoms with Gasteiger partial charge in [-0.15, -0.1) is 11.3 Å². The highest BCUT2D eigenvalue weighted by molar-refractivity contribution is 7.84. The average molecular weight is 514 g/mol. The van der Waals surface area contributed by atoms with E-state index in [1.165, 1.54) is 0 Å². The van der Waals surface area contributed by atoms with Gasteiger partial charge in [-0.2, -0.15) is 0 Å².